The van der Waals surface area contributed by atoms with E-state index in [1.54, 1.807) is 0 Å². The number of nitrogens with one attached hydrogen (secondary N) is 3. The van der Waals surface area contributed by atoms with Gasteiger partial charge in [-0.3, -0.25) is 0 Å². The van der Waals surface area contributed by atoms with Crippen LogP contribution in [0.4, 0.5) is 11.8 Å². The largest absolute Gasteiger partial charge is 0.369 e. The third-order valence-electron chi connectivity index (χ3n) is 4.07. The van der Waals surface area contributed by atoms with E-state index in [-0.39, 0.29) is 0 Å². The Balaban J connectivity index is 1.58. The van der Waals surface area contributed by atoms with Crippen LogP contribution in [-0.4, -0.2) is 53.6 Å². The molecule has 2 aromatic heterocycles. The van der Waals surface area contributed by atoms with Crippen LogP contribution in [0.1, 0.15) is 11.3 Å². The van der Waals surface area contributed by atoms with Crippen molar-refractivity contribution in [3.8, 4) is 0 Å². The van der Waals surface area contributed by atoms with Crippen molar-refractivity contribution in [2.45, 2.75) is 13.3 Å². The maximum absolute atomic E-state index is 4.55. The summed E-state index contributed by atoms with van der Waals surface area (Å²) in [5, 5.41) is 7.97. The zero-order valence-electron chi connectivity index (χ0n) is 15.1. The molecule has 0 saturated carbocycles. The Morgan fingerprint density at radius 2 is 1.92 bits per heavy atom. The van der Waals surface area contributed by atoms with Crippen molar-refractivity contribution in [2.75, 3.05) is 44.4 Å². The highest BCUT2D eigenvalue weighted by Crippen LogP contribution is 2.18. The van der Waals surface area contributed by atoms with Crippen LogP contribution in [0.25, 0.3) is 10.9 Å². The molecule has 25 heavy (non-hydrogen) atoms. The van der Waals surface area contributed by atoms with E-state index < -0.39 is 0 Å². The lowest BCUT2D eigenvalue weighted by Crippen LogP contribution is -2.21. The van der Waals surface area contributed by atoms with E-state index in [0.717, 1.165) is 37.6 Å². The van der Waals surface area contributed by atoms with Crippen molar-refractivity contribution in [2.24, 2.45) is 0 Å². The normalized spacial score (nSPS) is 11.2. The van der Waals surface area contributed by atoms with Gasteiger partial charge in [0.15, 0.2) is 0 Å². The maximum Gasteiger partial charge on any atom is 0.224 e. The predicted octanol–water partition coefficient (Wildman–Crippen LogP) is 2.89. The van der Waals surface area contributed by atoms with Crippen LogP contribution in [0, 0.1) is 6.92 Å². The molecule has 3 aromatic rings. The van der Waals surface area contributed by atoms with Gasteiger partial charge in [-0.15, -0.1) is 0 Å². The molecular formula is C19H26N6. The van der Waals surface area contributed by atoms with Crippen molar-refractivity contribution in [1.29, 1.82) is 0 Å². The van der Waals surface area contributed by atoms with Gasteiger partial charge >= 0.3 is 0 Å². The number of hydrogen-bond donors (Lipinski definition) is 3. The summed E-state index contributed by atoms with van der Waals surface area (Å²) in [5.41, 5.74) is 3.44. The van der Waals surface area contributed by atoms with Crippen LogP contribution in [0.5, 0.6) is 0 Å². The highest BCUT2D eigenvalue weighted by atomic mass is 15.2. The van der Waals surface area contributed by atoms with Gasteiger partial charge in [0.1, 0.15) is 5.82 Å². The van der Waals surface area contributed by atoms with Gasteiger partial charge in [0.25, 0.3) is 0 Å². The van der Waals surface area contributed by atoms with Gasteiger partial charge in [-0.05, 0) is 39.1 Å². The first-order chi connectivity index (χ1) is 12.1. The second-order valence-corrected chi connectivity index (χ2v) is 6.48. The Morgan fingerprint density at radius 1 is 1.08 bits per heavy atom. The van der Waals surface area contributed by atoms with Gasteiger partial charge in [-0.25, -0.2) is 4.98 Å². The third-order valence-corrected chi connectivity index (χ3v) is 4.07. The van der Waals surface area contributed by atoms with Crippen LogP contribution < -0.4 is 10.6 Å². The molecule has 3 N–H and O–H groups in total. The van der Waals surface area contributed by atoms with Crippen molar-refractivity contribution < 1.29 is 0 Å². The molecule has 2 heterocycles. The number of aromatic amines is 1. The summed E-state index contributed by atoms with van der Waals surface area (Å²) in [7, 11) is 4.12. The summed E-state index contributed by atoms with van der Waals surface area (Å²) in [5.74, 6) is 1.54. The Kier molecular flexibility index (Phi) is 5.50. The second kappa shape index (κ2) is 7.98. The molecule has 0 aliphatic heterocycles. The summed E-state index contributed by atoms with van der Waals surface area (Å²) in [6, 6.07) is 10.3. The molecule has 3 rings (SSSR count). The van der Waals surface area contributed by atoms with E-state index in [1.165, 1.54) is 16.5 Å². The number of rotatable bonds is 8. The molecule has 0 aliphatic carbocycles. The molecule has 0 unspecified atom stereocenters. The molecule has 0 aliphatic rings. The summed E-state index contributed by atoms with van der Waals surface area (Å²) < 4.78 is 0. The van der Waals surface area contributed by atoms with E-state index in [0.29, 0.717) is 5.95 Å². The van der Waals surface area contributed by atoms with E-state index in [9.17, 15) is 0 Å². The van der Waals surface area contributed by atoms with Gasteiger partial charge in [0.05, 0.1) is 0 Å². The van der Waals surface area contributed by atoms with Crippen LogP contribution in [0.15, 0.2) is 36.5 Å². The Labute approximate surface area is 148 Å². The number of para-hydroxylation sites is 1. The quantitative estimate of drug-likeness (QED) is 0.589. The summed E-state index contributed by atoms with van der Waals surface area (Å²) in [6.07, 6.45) is 3.00. The van der Waals surface area contributed by atoms with Crippen molar-refractivity contribution in [1.82, 2.24) is 19.9 Å². The lowest BCUT2D eigenvalue weighted by Gasteiger charge is -2.12. The number of aryl methyl sites for hydroxylation is 1. The predicted molar refractivity (Wildman–Crippen MR) is 104 cm³/mol. The number of benzene rings is 1. The highest BCUT2D eigenvalue weighted by molar-refractivity contribution is 5.83. The molecular weight excluding hydrogens is 312 g/mol. The number of nitrogens with zero attached hydrogens (tertiary/aromatic N) is 3. The lowest BCUT2D eigenvalue weighted by atomic mass is 10.1. The van der Waals surface area contributed by atoms with Gasteiger partial charge in [0, 0.05) is 48.5 Å². The monoisotopic (exact) mass is 338 g/mol. The minimum Gasteiger partial charge on any atom is -0.369 e. The topological polar surface area (TPSA) is 68.9 Å². The third kappa shape index (κ3) is 4.70. The second-order valence-electron chi connectivity index (χ2n) is 6.48. The molecule has 1 aromatic carbocycles. The maximum atomic E-state index is 4.55. The van der Waals surface area contributed by atoms with E-state index in [4.69, 9.17) is 0 Å². The SMILES string of the molecule is Cc1cc(NCCN(C)C)nc(NCCc2c[nH]c3ccccc23)n1. The van der Waals surface area contributed by atoms with E-state index >= 15 is 0 Å². The van der Waals surface area contributed by atoms with Gasteiger partial charge in [-0.2, -0.15) is 4.98 Å². The molecule has 0 radical (unpaired) electrons. The van der Waals surface area contributed by atoms with Crippen molar-refractivity contribution in [3.63, 3.8) is 0 Å². The van der Waals surface area contributed by atoms with Gasteiger partial charge in [0.2, 0.25) is 5.95 Å². The molecule has 132 valence electrons. The molecule has 0 amide bonds. The van der Waals surface area contributed by atoms with E-state index in [1.807, 2.05) is 19.1 Å². The lowest BCUT2D eigenvalue weighted by molar-refractivity contribution is 0.425. The number of anilines is 2. The summed E-state index contributed by atoms with van der Waals surface area (Å²) in [4.78, 5) is 14.5. The zero-order valence-corrected chi connectivity index (χ0v) is 15.1. The molecule has 6 nitrogen and oxygen atoms in total. The first-order valence-corrected chi connectivity index (χ1v) is 8.65. The fourth-order valence-corrected chi connectivity index (χ4v) is 2.79. The van der Waals surface area contributed by atoms with Crippen LogP contribution in [-0.2, 0) is 6.42 Å². The molecule has 6 heteroatoms. The smallest absolute Gasteiger partial charge is 0.224 e. The van der Waals surface area contributed by atoms with E-state index in [2.05, 4.69) is 69.0 Å². The molecule has 0 fully saturated rings. The fourth-order valence-electron chi connectivity index (χ4n) is 2.79. The Morgan fingerprint density at radius 3 is 2.76 bits per heavy atom. The minimum atomic E-state index is 0.673. The number of fused-ring (bicyclic) bond motifs is 1. The number of hydrogen-bond acceptors (Lipinski definition) is 5. The van der Waals surface area contributed by atoms with Crippen LogP contribution in [0.3, 0.4) is 0 Å². The summed E-state index contributed by atoms with van der Waals surface area (Å²) in [6.45, 7) is 4.61. The van der Waals surface area contributed by atoms with Gasteiger partial charge < -0.3 is 20.5 Å². The van der Waals surface area contributed by atoms with Crippen LogP contribution in [0.2, 0.25) is 0 Å². The standard InChI is InChI=1S/C19H26N6/c1-14-12-18(20-10-11-25(2)3)24-19(23-14)21-9-8-15-13-22-17-7-5-4-6-16(15)17/h4-7,12-13,22H,8-11H2,1-3H3,(H2,20,21,23,24). The first-order valence-electron chi connectivity index (χ1n) is 8.65. The Bertz CT molecular complexity index is 824. The highest BCUT2D eigenvalue weighted by Gasteiger charge is 2.05. The van der Waals surface area contributed by atoms with Crippen molar-refractivity contribution in [3.05, 3.63) is 47.8 Å². The average molecular weight is 338 g/mol. The van der Waals surface area contributed by atoms with Crippen molar-refractivity contribution >= 4 is 22.7 Å². The molecule has 0 spiro atoms. The fraction of sp³-hybridized carbons (Fsp3) is 0.368. The molecule has 0 bridgehead atoms. The summed E-state index contributed by atoms with van der Waals surface area (Å²) >= 11 is 0. The molecule has 0 saturated heterocycles. The zero-order chi connectivity index (χ0) is 17.6. The van der Waals surface area contributed by atoms with Gasteiger partial charge in [-0.1, -0.05) is 18.2 Å². The number of likely N-dealkylation sites (N-methyl/N-ethyl adjacent to an activating group) is 1. The average Bonchev–Trinajstić information content (AvgIpc) is 2.97. The minimum absolute atomic E-state index is 0.673. The Hall–Kier alpha value is -2.60. The number of aromatic nitrogens is 3. The van der Waals surface area contributed by atoms with Crippen LogP contribution >= 0.6 is 0 Å². The first kappa shape index (κ1) is 17.2. The number of H-pyrrole nitrogens is 1. The molecule has 0 atom stereocenters.